The fourth-order valence-corrected chi connectivity index (χ4v) is 10.8. The van der Waals surface area contributed by atoms with Gasteiger partial charge in [0.25, 0.3) is 0 Å². The van der Waals surface area contributed by atoms with Crippen LogP contribution < -0.4 is 20.0 Å². The van der Waals surface area contributed by atoms with E-state index in [0.29, 0.717) is 18.4 Å². The summed E-state index contributed by atoms with van der Waals surface area (Å²) < 4.78 is 2.61. The second-order valence-corrected chi connectivity index (χ2v) is 22.3. The van der Waals surface area contributed by atoms with E-state index in [1.807, 2.05) is 23.5 Å². The molecule has 3 unspecified atom stereocenters. The normalized spacial score (nSPS) is 21.8. The van der Waals surface area contributed by atoms with Crippen molar-refractivity contribution in [1.29, 1.82) is 0 Å². The Kier molecular flexibility index (Phi) is 14.7. The summed E-state index contributed by atoms with van der Waals surface area (Å²) in [4.78, 5) is 5.15. The van der Waals surface area contributed by atoms with Crippen LogP contribution in [0.4, 0.5) is 11.4 Å². The van der Waals surface area contributed by atoms with Gasteiger partial charge in [-0.15, -0.1) is 11.3 Å². The molecule has 4 heteroatoms. The van der Waals surface area contributed by atoms with E-state index in [9.17, 15) is 0 Å². The van der Waals surface area contributed by atoms with E-state index in [1.54, 1.807) is 0 Å². The molecule has 0 amide bonds. The summed E-state index contributed by atoms with van der Waals surface area (Å²) >= 11 is 1.94. The van der Waals surface area contributed by atoms with E-state index in [0.717, 1.165) is 22.5 Å². The van der Waals surface area contributed by atoms with Crippen molar-refractivity contribution in [3.05, 3.63) is 168 Å². The van der Waals surface area contributed by atoms with Crippen LogP contribution in [-0.2, 0) is 16.2 Å². The Morgan fingerprint density at radius 3 is 2.27 bits per heavy atom. The quantitative estimate of drug-likeness (QED) is 0.132. The second-order valence-electron chi connectivity index (χ2n) is 21.2. The smallest absolute Gasteiger partial charge is 0.210 e. The Morgan fingerprint density at radius 1 is 0.952 bits per heavy atom. The molecule has 0 saturated carbocycles. The van der Waals surface area contributed by atoms with Crippen LogP contribution in [0.25, 0.3) is 10.1 Å². The van der Waals surface area contributed by atoms with Crippen LogP contribution in [0.5, 0.6) is 0 Å². The van der Waals surface area contributed by atoms with Crippen molar-refractivity contribution >= 4 is 50.3 Å². The number of benzene rings is 2. The maximum Gasteiger partial charge on any atom is 0.210 e. The first-order valence-electron chi connectivity index (χ1n) is 23.6. The highest BCUT2D eigenvalue weighted by Crippen LogP contribution is 2.49. The van der Waals surface area contributed by atoms with Gasteiger partial charge in [-0.05, 0) is 148 Å². The van der Waals surface area contributed by atoms with E-state index in [1.165, 1.54) is 79.6 Å². The SMILES string of the molecule is C=C/C(=C\C=C\C(C)CCC(C)C)N1C/C=C(\C=C/C)N(C2C=C(/C(C=C)=C(\C)C=C)C=CC2C)c2ccc(C(C)(C)C)cc2[B]c2sc3cc4c(cc3c21)C(C)(C)CCC4(C)C. The van der Waals surface area contributed by atoms with Crippen molar-refractivity contribution in [3.8, 4) is 0 Å². The molecule has 6 rings (SSSR count). The summed E-state index contributed by atoms with van der Waals surface area (Å²) in [6, 6.07) is 12.4. The fourth-order valence-electron chi connectivity index (χ4n) is 9.61. The molecule has 1 radical (unpaired) electrons. The van der Waals surface area contributed by atoms with Crippen molar-refractivity contribution in [2.75, 3.05) is 16.3 Å². The summed E-state index contributed by atoms with van der Waals surface area (Å²) in [6.07, 6.45) is 31.8. The standard InChI is InChI=1S/C59H76BN2S/c1-17-22-46-31-34-61(45(19-3)24-21-23-40(7)26-25-39(5)6)55-48-37-49-50(59(15,16)33-32-58(49,13)14)38-54(48)63-56(55)60-51-36-44(57(10,11)12)29-30-52(51)62(46)53-35-43(28-27-42(53)9)47(20-4)41(8)18-2/h17-24,27-31,35-40,42,53H,2-4,25-26,32-34H2,1,5-16H3/b22-17-,23-21+,45-24+,46-31+,47-41+. The van der Waals surface area contributed by atoms with Crippen molar-refractivity contribution < 1.29 is 0 Å². The maximum atomic E-state index is 4.49. The highest BCUT2D eigenvalue weighted by Gasteiger charge is 2.39. The Hall–Kier alpha value is -4.54. The van der Waals surface area contributed by atoms with Crippen molar-refractivity contribution in [3.63, 3.8) is 0 Å². The number of fused-ring (bicyclic) bond motifs is 5. The Labute approximate surface area is 388 Å². The van der Waals surface area contributed by atoms with Crippen LogP contribution in [0.15, 0.2) is 151 Å². The molecule has 0 fully saturated rings. The van der Waals surface area contributed by atoms with Gasteiger partial charge < -0.3 is 9.80 Å². The lowest BCUT2D eigenvalue weighted by Gasteiger charge is -2.42. The van der Waals surface area contributed by atoms with Gasteiger partial charge in [0.05, 0.1) is 11.7 Å². The molecule has 2 heterocycles. The van der Waals surface area contributed by atoms with Gasteiger partial charge in [0.15, 0.2) is 0 Å². The molecule has 1 aromatic heterocycles. The molecule has 2 aliphatic carbocycles. The second kappa shape index (κ2) is 19.3. The number of rotatable bonds is 12. The summed E-state index contributed by atoms with van der Waals surface area (Å²) in [5.41, 5.74) is 13.8. The van der Waals surface area contributed by atoms with E-state index in [2.05, 4.69) is 218 Å². The minimum absolute atomic E-state index is 0.0308. The Bertz CT molecular complexity index is 2440. The minimum atomic E-state index is -0.0343. The molecule has 2 aromatic carbocycles. The highest BCUT2D eigenvalue weighted by atomic mass is 32.1. The first-order valence-corrected chi connectivity index (χ1v) is 24.4. The maximum absolute atomic E-state index is 4.49. The summed E-state index contributed by atoms with van der Waals surface area (Å²) in [5.74, 6) is 1.43. The largest absolute Gasteiger partial charge is 0.337 e. The van der Waals surface area contributed by atoms with Crippen molar-refractivity contribution in [2.24, 2.45) is 17.8 Å². The zero-order chi connectivity index (χ0) is 46.0. The first-order chi connectivity index (χ1) is 29.7. The number of hydrogen-bond acceptors (Lipinski definition) is 3. The molecule has 1 aliphatic heterocycles. The number of hydrogen-bond donors (Lipinski definition) is 0. The molecule has 0 N–H and O–H groups in total. The monoisotopic (exact) mass is 856 g/mol. The van der Waals surface area contributed by atoms with Gasteiger partial charge >= 0.3 is 0 Å². The zero-order valence-electron chi connectivity index (χ0n) is 41.2. The summed E-state index contributed by atoms with van der Waals surface area (Å²) in [5, 5.41) is 1.32. The molecular weight excluding hydrogens is 780 g/mol. The molecule has 331 valence electrons. The van der Waals surface area contributed by atoms with Crippen LogP contribution in [0.1, 0.15) is 132 Å². The van der Waals surface area contributed by atoms with Crippen LogP contribution in [0.2, 0.25) is 0 Å². The van der Waals surface area contributed by atoms with Crippen LogP contribution in [0.3, 0.4) is 0 Å². The summed E-state index contributed by atoms with van der Waals surface area (Å²) in [6.45, 7) is 43.8. The van der Waals surface area contributed by atoms with Crippen LogP contribution >= 0.6 is 11.3 Å². The zero-order valence-corrected chi connectivity index (χ0v) is 42.0. The fraction of sp³-hybridized carbons (Fsp3) is 0.424. The molecule has 3 atom stereocenters. The minimum Gasteiger partial charge on any atom is -0.337 e. The lowest BCUT2D eigenvalue weighted by Crippen LogP contribution is -2.44. The van der Waals surface area contributed by atoms with E-state index >= 15 is 0 Å². The van der Waals surface area contributed by atoms with Gasteiger partial charge in [0.1, 0.15) is 0 Å². The predicted molar refractivity (Wildman–Crippen MR) is 284 cm³/mol. The number of nitrogens with zero attached hydrogens (tertiary/aromatic N) is 2. The van der Waals surface area contributed by atoms with E-state index in [-0.39, 0.29) is 28.2 Å². The van der Waals surface area contributed by atoms with Crippen molar-refractivity contribution in [2.45, 2.75) is 138 Å². The number of thiophene rings is 1. The average molecular weight is 856 g/mol. The predicted octanol–water partition coefficient (Wildman–Crippen LogP) is 15.2. The molecule has 0 spiro atoms. The molecular formula is C59H76BN2S. The van der Waals surface area contributed by atoms with Crippen LogP contribution in [0, 0.1) is 17.8 Å². The lowest BCUT2D eigenvalue weighted by molar-refractivity contribution is 0.332. The molecule has 2 nitrogen and oxygen atoms in total. The first kappa shape index (κ1) is 47.9. The molecule has 63 heavy (non-hydrogen) atoms. The number of anilines is 2. The summed E-state index contributed by atoms with van der Waals surface area (Å²) in [7, 11) is 2.51. The van der Waals surface area contributed by atoms with Crippen molar-refractivity contribution in [1.82, 2.24) is 0 Å². The third kappa shape index (κ3) is 10.2. The molecule has 0 bridgehead atoms. The van der Waals surface area contributed by atoms with Gasteiger partial charge in [-0.1, -0.05) is 169 Å². The molecule has 0 saturated heterocycles. The molecule has 3 aliphatic rings. The topological polar surface area (TPSA) is 6.48 Å². The third-order valence-corrected chi connectivity index (χ3v) is 15.0. The number of allylic oxidation sites excluding steroid dienone is 12. The molecule has 3 aromatic rings. The van der Waals surface area contributed by atoms with Crippen LogP contribution in [-0.4, -0.2) is 19.9 Å². The third-order valence-electron chi connectivity index (χ3n) is 13.9. The Morgan fingerprint density at radius 2 is 1.65 bits per heavy atom. The Balaban J connectivity index is 1.69. The van der Waals surface area contributed by atoms with E-state index in [4.69, 9.17) is 0 Å². The average Bonchev–Trinajstić information content (AvgIpc) is 3.58. The van der Waals surface area contributed by atoms with Gasteiger partial charge in [0, 0.05) is 33.7 Å². The van der Waals surface area contributed by atoms with Gasteiger partial charge in [-0.3, -0.25) is 0 Å². The van der Waals surface area contributed by atoms with Gasteiger partial charge in [-0.25, -0.2) is 0 Å². The van der Waals surface area contributed by atoms with E-state index < -0.39 is 0 Å². The highest BCUT2D eigenvalue weighted by molar-refractivity contribution is 7.29. The van der Waals surface area contributed by atoms with Gasteiger partial charge in [-0.2, -0.15) is 0 Å². The lowest BCUT2D eigenvalue weighted by atomic mass is 9.62. The van der Waals surface area contributed by atoms with Gasteiger partial charge in [0.2, 0.25) is 7.28 Å².